The lowest BCUT2D eigenvalue weighted by molar-refractivity contribution is 0.252. The van der Waals surface area contributed by atoms with Gasteiger partial charge >= 0.3 is 6.03 Å². The van der Waals surface area contributed by atoms with Gasteiger partial charge in [-0.2, -0.15) is 0 Å². The van der Waals surface area contributed by atoms with Crippen LogP contribution in [0, 0.1) is 0 Å². The number of anilines is 1. The van der Waals surface area contributed by atoms with Crippen molar-refractivity contribution in [2.75, 3.05) is 11.9 Å². The molecule has 4 heteroatoms. The molecule has 1 rings (SSSR count). The van der Waals surface area contributed by atoms with E-state index >= 15 is 0 Å². The van der Waals surface area contributed by atoms with Crippen LogP contribution in [-0.4, -0.2) is 12.6 Å². The van der Waals surface area contributed by atoms with Gasteiger partial charge in [-0.25, -0.2) is 4.79 Å². The van der Waals surface area contributed by atoms with Gasteiger partial charge in [0.2, 0.25) is 0 Å². The average molecular weight is 255 g/mol. The Morgan fingerprint density at radius 1 is 1.24 bits per heavy atom. The van der Waals surface area contributed by atoms with Gasteiger partial charge < -0.3 is 10.6 Å². The lowest BCUT2D eigenvalue weighted by Gasteiger charge is -2.08. The highest BCUT2D eigenvalue weighted by Gasteiger charge is 2.03. The van der Waals surface area contributed by atoms with Crippen molar-refractivity contribution in [3.05, 3.63) is 29.3 Å². The van der Waals surface area contributed by atoms with Crippen molar-refractivity contribution in [3.8, 4) is 0 Å². The molecule has 0 atom stereocenters. The molecule has 0 heterocycles. The Labute approximate surface area is 108 Å². The highest BCUT2D eigenvalue weighted by molar-refractivity contribution is 6.33. The number of carbonyl (C=O) groups is 1. The summed E-state index contributed by atoms with van der Waals surface area (Å²) in [5.74, 6) is 0. The molecule has 0 radical (unpaired) electrons. The maximum absolute atomic E-state index is 11.5. The number of hydrogen-bond acceptors (Lipinski definition) is 1. The van der Waals surface area contributed by atoms with E-state index in [4.69, 9.17) is 11.6 Å². The van der Waals surface area contributed by atoms with Crippen molar-refractivity contribution < 1.29 is 4.79 Å². The molecular formula is C13H19ClN2O. The average Bonchev–Trinajstić information content (AvgIpc) is 2.32. The summed E-state index contributed by atoms with van der Waals surface area (Å²) in [5.41, 5.74) is 0.639. The predicted molar refractivity (Wildman–Crippen MR) is 72.6 cm³/mol. The number of urea groups is 1. The summed E-state index contributed by atoms with van der Waals surface area (Å²) >= 11 is 5.93. The van der Waals surface area contributed by atoms with Gasteiger partial charge in [-0.05, 0) is 18.6 Å². The summed E-state index contributed by atoms with van der Waals surface area (Å²) < 4.78 is 0. The van der Waals surface area contributed by atoms with Crippen molar-refractivity contribution in [1.29, 1.82) is 0 Å². The number of rotatable bonds is 6. The molecular weight excluding hydrogens is 236 g/mol. The van der Waals surface area contributed by atoms with Gasteiger partial charge in [0.05, 0.1) is 10.7 Å². The molecule has 94 valence electrons. The van der Waals surface area contributed by atoms with Crippen LogP contribution in [0.25, 0.3) is 0 Å². The molecule has 0 aliphatic carbocycles. The summed E-state index contributed by atoms with van der Waals surface area (Å²) in [7, 11) is 0. The van der Waals surface area contributed by atoms with Crippen molar-refractivity contribution in [2.45, 2.75) is 32.6 Å². The lowest BCUT2D eigenvalue weighted by Crippen LogP contribution is -2.29. The molecule has 0 saturated carbocycles. The van der Waals surface area contributed by atoms with E-state index in [0.29, 0.717) is 17.3 Å². The number of benzene rings is 1. The Hall–Kier alpha value is -1.22. The summed E-state index contributed by atoms with van der Waals surface area (Å²) in [6.45, 7) is 2.87. The summed E-state index contributed by atoms with van der Waals surface area (Å²) in [6, 6.07) is 6.99. The predicted octanol–water partition coefficient (Wildman–Crippen LogP) is 4.04. The molecule has 0 aliphatic heterocycles. The van der Waals surface area contributed by atoms with Gasteiger partial charge in [0.15, 0.2) is 0 Å². The van der Waals surface area contributed by atoms with Crippen molar-refractivity contribution in [1.82, 2.24) is 5.32 Å². The van der Waals surface area contributed by atoms with E-state index in [1.165, 1.54) is 12.8 Å². The van der Waals surface area contributed by atoms with E-state index in [2.05, 4.69) is 17.6 Å². The first-order valence-corrected chi connectivity index (χ1v) is 6.41. The number of amides is 2. The van der Waals surface area contributed by atoms with E-state index in [0.717, 1.165) is 12.8 Å². The second kappa shape index (κ2) is 7.96. The van der Waals surface area contributed by atoms with Gasteiger partial charge in [-0.1, -0.05) is 49.9 Å². The molecule has 0 saturated heterocycles. The number of para-hydroxylation sites is 1. The minimum atomic E-state index is -0.199. The van der Waals surface area contributed by atoms with Crippen LogP contribution in [0.3, 0.4) is 0 Å². The molecule has 17 heavy (non-hydrogen) atoms. The molecule has 1 aromatic carbocycles. The van der Waals surface area contributed by atoms with E-state index < -0.39 is 0 Å². The fraction of sp³-hybridized carbons (Fsp3) is 0.462. The Morgan fingerprint density at radius 3 is 2.71 bits per heavy atom. The molecule has 0 fully saturated rings. The van der Waals surface area contributed by atoms with Gasteiger partial charge in [0, 0.05) is 6.54 Å². The van der Waals surface area contributed by atoms with Crippen molar-refractivity contribution in [3.63, 3.8) is 0 Å². The third-order valence-corrected chi connectivity index (χ3v) is 2.77. The molecule has 3 nitrogen and oxygen atoms in total. The second-order valence-corrected chi connectivity index (χ2v) is 4.33. The molecule has 1 aromatic rings. The first-order valence-electron chi connectivity index (χ1n) is 6.03. The Morgan fingerprint density at radius 2 is 2.00 bits per heavy atom. The van der Waals surface area contributed by atoms with E-state index in [1.807, 2.05) is 12.1 Å². The zero-order valence-electron chi connectivity index (χ0n) is 10.1. The van der Waals surface area contributed by atoms with Gasteiger partial charge in [-0.3, -0.25) is 0 Å². The first kappa shape index (κ1) is 13.8. The quantitative estimate of drug-likeness (QED) is 0.739. The molecule has 0 spiro atoms. The van der Waals surface area contributed by atoms with Crippen LogP contribution in [0.15, 0.2) is 24.3 Å². The highest BCUT2D eigenvalue weighted by atomic mass is 35.5. The minimum absolute atomic E-state index is 0.199. The summed E-state index contributed by atoms with van der Waals surface area (Å²) in [4.78, 5) is 11.5. The van der Waals surface area contributed by atoms with E-state index in [9.17, 15) is 4.79 Å². The summed E-state index contributed by atoms with van der Waals surface area (Å²) in [5, 5.41) is 6.08. The van der Waals surface area contributed by atoms with Crippen LogP contribution in [-0.2, 0) is 0 Å². The standard InChI is InChI=1S/C13H19ClN2O/c1-2-3-4-7-10-15-13(17)16-12-9-6-5-8-11(12)14/h5-6,8-9H,2-4,7,10H2,1H3,(H2,15,16,17). The monoisotopic (exact) mass is 254 g/mol. The Balaban J connectivity index is 2.23. The van der Waals surface area contributed by atoms with Gasteiger partial charge in [0.25, 0.3) is 0 Å². The largest absolute Gasteiger partial charge is 0.338 e. The third-order valence-electron chi connectivity index (χ3n) is 2.44. The minimum Gasteiger partial charge on any atom is -0.338 e. The maximum atomic E-state index is 11.5. The second-order valence-electron chi connectivity index (χ2n) is 3.92. The number of unbranched alkanes of at least 4 members (excludes halogenated alkanes) is 3. The van der Waals surface area contributed by atoms with Gasteiger partial charge in [-0.15, -0.1) is 0 Å². The number of halogens is 1. The lowest BCUT2D eigenvalue weighted by atomic mass is 10.2. The van der Waals surface area contributed by atoms with Crippen LogP contribution >= 0.6 is 11.6 Å². The van der Waals surface area contributed by atoms with Crippen LogP contribution < -0.4 is 10.6 Å². The molecule has 0 bridgehead atoms. The molecule has 2 N–H and O–H groups in total. The zero-order chi connectivity index (χ0) is 12.5. The molecule has 0 aromatic heterocycles. The molecule has 2 amide bonds. The van der Waals surface area contributed by atoms with E-state index in [-0.39, 0.29) is 6.03 Å². The first-order chi connectivity index (χ1) is 8.24. The van der Waals surface area contributed by atoms with E-state index in [1.54, 1.807) is 12.1 Å². The van der Waals surface area contributed by atoms with Crippen LogP contribution in [0.2, 0.25) is 5.02 Å². The van der Waals surface area contributed by atoms with Crippen molar-refractivity contribution in [2.24, 2.45) is 0 Å². The molecule has 0 unspecified atom stereocenters. The highest BCUT2D eigenvalue weighted by Crippen LogP contribution is 2.19. The van der Waals surface area contributed by atoms with Crippen LogP contribution in [0.1, 0.15) is 32.6 Å². The smallest absolute Gasteiger partial charge is 0.319 e. The fourth-order valence-electron chi connectivity index (χ4n) is 1.48. The SMILES string of the molecule is CCCCCCNC(=O)Nc1ccccc1Cl. The number of nitrogens with one attached hydrogen (secondary N) is 2. The molecule has 0 aliphatic rings. The fourth-order valence-corrected chi connectivity index (χ4v) is 1.67. The van der Waals surface area contributed by atoms with Crippen LogP contribution in [0.4, 0.5) is 10.5 Å². The number of carbonyl (C=O) groups excluding carboxylic acids is 1. The maximum Gasteiger partial charge on any atom is 0.319 e. The van der Waals surface area contributed by atoms with Crippen LogP contribution in [0.5, 0.6) is 0 Å². The Bertz CT molecular complexity index is 355. The van der Waals surface area contributed by atoms with Gasteiger partial charge in [0.1, 0.15) is 0 Å². The third kappa shape index (κ3) is 5.59. The summed E-state index contributed by atoms with van der Waals surface area (Å²) in [6.07, 6.45) is 4.59. The topological polar surface area (TPSA) is 41.1 Å². The normalized spacial score (nSPS) is 10.0. The number of hydrogen-bond donors (Lipinski definition) is 2. The Kier molecular flexibility index (Phi) is 6.48. The zero-order valence-corrected chi connectivity index (χ0v) is 10.9. The van der Waals surface area contributed by atoms with Crippen molar-refractivity contribution >= 4 is 23.3 Å².